The van der Waals surface area contributed by atoms with Crippen molar-refractivity contribution >= 4 is 41.7 Å². The predicted molar refractivity (Wildman–Crippen MR) is 138 cm³/mol. The molecule has 172 valence electrons. The van der Waals surface area contributed by atoms with Crippen molar-refractivity contribution < 1.29 is 0 Å². The topological polar surface area (TPSA) is 58.3 Å². The molecule has 30 heavy (non-hydrogen) atoms. The Hall–Kier alpha value is -0.510. The summed E-state index contributed by atoms with van der Waals surface area (Å²) in [6.07, 6.45) is 14.8. The van der Waals surface area contributed by atoms with E-state index in [1.165, 1.54) is 51.4 Å². The highest BCUT2D eigenvalue weighted by Gasteiger charge is 2.23. The molecule has 8 heteroatoms. The fraction of sp³-hybridized carbons (Fsp3) is 0.864. The van der Waals surface area contributed by atoms with E-state index in [1.807, 2.05) is 7.05 Å². The first-order chi connectivity index (χ1) is 14.1. The normalized spacial score (nSPS) is 22.7. The van der Waals surface area contributed by atoms with Gasteiger partial charge in [-0.25, -0.2) is 0 Å². The molecule has 3 rings (SSSR count). The molecule has 2 saturated carbocycles. The van der Waals surface area contributed by atoms with E-state index in [0.29, 0.717) is 6.04 Å². The number of halogens is 1. The largest absolute Gasteiger partial charge is 0.356 e. The molecule has 0 spiro atoms. The second-order valence-corrected chi connectivity index (χ2v) is 9.77. The summed E-state index contributed by atoms with van der Waals surface area (Å²) in [7, 11) is 4.07. The molecule has 0 radical (unpaired) electrons. The number of nitrogens with zero attached hydrogens (tertiary/aromatic N) is 5. The van der Waals surface area contributed by atoms with Crippen LogP contribution < -0.4 is 5.32 Å². The van der Waals surface area contributed by atoms with Crippen LogP contribution >= 0.6 is 35.7 Å². The molecule has 2 aliphatic carbocycles. The van der Waals surface area contributed by atoms with Gasteiger partial charge >= 0.3 is 0 Å². The van der Waals surface area contributed by atoms with Gasteiger partial charge in [0.15, 0.2) is 11.1 Å². The molecule has 0 saturated heterocycles. The zero-order chi connectivity index (χ0) is 20.6. The zero-order valence-corrected chi connectivity index (χ0v) is 22.4. The highest BCUT2D eigenvalue weighted by Crippen LogP contribution is 2.33. The second-order valence-electron chi connectivity index (χ2n) is 9.00. The number of hydrogen-bond acceptors (Lipinski definition) is 4. The van der Waals surface area contributed by atoms with Gasteiger partial charge in [-0.15, -0.1) is 34.2 Å². The van der Waals surface area contributed by atoms with Crippen LogP contribution in [0.5, 0.6) is 0 Å². The average molecular weight is 549 g/mol. The maximum absolute atomic E-state index is 4.51. The van der Waals surface area contributed by atoms with Crippen LogP contribution in [0.2, 0.25) is 0 Å². The van der Waals surface area contributed by atoms with Crippen LogP contribution in [0.4, 0.5) is 0 Å². The van der Waals surface area contributed by atoms with Gasteiger partial charge in [-0.2, -0.15) is 0 Å². The second kappa shape index (κ2) is 13.1. The van der Waals surface area contributed by atoms with Gasteiger partial charge in [-0.1, -0.05) is 44.4 Å². The van der Waals surface area contributed by atoms with Gasteiger partial charge < -0.3 is 14.8 Å². The number of aromatic nitrogens is 3. The van der Waals surface area contributed by atoms with Gasteiger partial charge in [0.1, 0.15) is 5.82 Å². The lowest BCUT2D eigenvalue weighted by Gasteiger charge is -2.31. The standard InChI is InChI=1S/C22H40N6S.HI/c1-17-11-13-18(14-12-17)16-27(3)21(23-2)24-15-7-10-20-25-26-22(29-4)28(20)19-8-5-6-9-19;/h17-19H,5-16H2,1-4H3,(H,23,24);1H. The fourth-order valence-electron chi connectivity index (χ4n) is 4.96. The fourth-order valence-corrected chi connectivity index (χ4v) is 5.54. The maximum atomic E-state index is 4.51. The SMILES string of the molecule is CN=C(NCCCc1nnc(SC)n1C1CCCC1)N(C)CC1CCC(C)CC1.I. The zero-order valence-electron chi connectivity index (χ0n) is 19.3. The molecule has 1 N–H and O–H groups in total. The molecule has 1 aromatic rings. The number of nitrogens with one attached hydrogen (secondary N) is 1. The summed E-state index contributed by atoms with van der Waals surface area (Å²) >= 11 is 1.72. The lowest BCUT2D eigenvalue weighted by atomic mass is 9.83. The lowest BCUT2D eigenvalue weighted by molar-refractivity contribution is 0.250. The summed E-state index contributed by atoms with van der Waals surface area (Å²) in [6, 6.07) is 0.604. The molecule has 2 aliphatic rings. The predicted octanol–water partition coefficient (Wildman–Crippen LogP) is 5.00. The van der Waals surface area contributed by atoms with E-state index in [4.69, 9.17) is 0 Å². The third-order valence-corrected chi connectivity index (χ3v) is 7.35. The summed E-state index contributed by atoms with van der Waals surface area (Å²) in [5.41, 5.74) is 0. The van der Waals surface area contributed by atoms with Crippen molar-refractivity contribution in [2.45, 2.75) is 82.3 Å². The Morgan fingerprint density at radius 1 is 1.17 bits per heavy atom. The van der Waals surface area contributed by atoms with Crippen LogP contribution in [-0.4, -0.2) is 59.1 Å². The summed E-state index contributed by atoms with van der Waals surface area (Å²) < 4.78 is 2.42. The van der Waals surface area contributed by atoms with Crippen LogP contribution in [0.25, 0.3) is 0 Å². The smallest absolute Gasteiger partial charge is 0.193 e. The lowest BCUT2D eigenvalue weighted by Crippen LogP contribution is -2.42. The molecular weight excluding hydrogens is 507 g/mol. The van der Waals surface area contributed by atoms with E-state index in [9.17, 15) is 0 Å². The highest BCUT2D eigenvalue weighted by atomic mass is 127. The molecule has 0 amide bonds. The highest BCUT2D eigenvalue weighted by molar-refractivity contribution is 14.0. The van der Waals surface area contributed by atoms with Crippen LogP contribution in [-0.2, 0) is 6.42 Å². The minimum absolute atomic E-state index is 0. The van der Waals surface area contributed by atoms with Gasteiger partial charge in [0.05, 0.1) is 0 Å². The van der Waals surface area contributed by atoms with E-state index in [2.05, 4.69) is 50.2 Å². The van der Waals surface area contributed by atoms with Crippen molar-refractivity contribution in [1.29, 1.82) is 0 Å². The summed E-state index contributed by atoms with van der Waals surface area (Å²) in [6.45, 7) is 4.42. The number of rotatable bonds is 8. The molecule has 0 unspecified atom stereocenters. The monoisotopic (exact) mass is 548 g/mol. The molecular formula is C22H41IN6S. The van der Waals surface area contributed by atoms with Gasteiger partial charge in [0.2, 0.25) is 0 Å². The van der Waals surface area contributed by atoms with Gasteiger partial charge in [0.25, 0.3) is 0 Å². The van der Waals surface area contributed by atoms with E-state index >= 15 is 0 Å². The van der Waals surface area contributed by atoms with Crippen LogP contribution in [0.1, 0.15) is 76.6 Å². The van der Waals surface area contributed by atoms with E-state index in [0.717, 1.165) is 54.7 Å². The summed E-state index contributed by atoms with van der Waals surface area (Å²) in [5.74, 6) is 3.89. The van der Waals surface area contributed by atoms with Crippen LogP contribution in [0.3, 0.4) is 0 Å². The summed E-state index contributed by atoms with van der Waals surface area (Å²) in [4.78, 5) is 6.82. The van der Waals surface area contributed by atoms with Gasteiger partial charge in [-0.05, 0) is 50.2 Å². The van der Waals surface area contributed by atoms with Gasteiger partial charge in [-0.3, -0.25) is 4.99 Å². The average Bonchev–Trinajstić information content (AvgIpc) is 3.38. The molecule has 0 aliphatic heterocycles. The number of thioether (sulfide) groups is 1. The Labute approximate surface area is 204 Å². The van der Waals surface area contributed by atoms with Crippen molar-refractivity contribution in [2.75, 3.05) is 33.4 Å². The number of guanidine groups is 1. The third-order valence-electron chi connectivity index (χ3n) is 6.71. The van der Waals surface area contributed by atoms with E-state index in [1.54, 1.807) is 11.8 Å². The third kappa shape index (κ3) is 7.00. The van der Waals surface area contributed by atoms with Crippen molar-refractivity contribution in [3.63, 3.8) is 0 Å². The maximum Gasteiger partial charge on any atom is 0.193 e. The van der Waals surface area contributed by atoms with Crippen molar-refractivity contribution in [1.82, 2.24) is 25.0 Å². The minimum atomic E-state index is 0. The molecule has 0 atom stereocenters. The van der Waals surface area contributed by atoms with Crippen molar-refractivity contribution in [3.8, 4) is 0 Å². The first kappa shape index (κ1) is 25.7. The Kier molecular flexibility index (Phi) is 11.3. The van der Waals surface area contributed by atoms with Crippen LogP contribution in [0, 0.1) is 11.8 Å². The van der Waals surface area contributed by atoms with Crippen LogP contribution in [0.15, 0.2) is 10.1 Å². The van der Waals surface area contributed by atoms with Crippen molar-refractivity contribution in [3.05, 3.63) is 5.82 Å². The first-order valence-corrected chi connectivity index (χ1v) is 12.7. The first-order valence-electron chi connectivity index (χ1n) is 11.5. The Morgan fingerprint density at radius 2 is 1.87 bits per heavy atom. The minimum Gasteiger partial charge on any atom is -0.356 e. The van der Waals surface area contributed by atoms with Crippen molar-refractivity contribution in [2.24, 2.45) is 16.8 Å². The summed E-state index contributed by atoms with van der Waals surface area (Å²) in [5, 5.41) is 13.6. The van der Waals surface area contributed by atoms with E-state index in [-0.39, 0.29) is 24.0 Å². The Bertz CT molecular complexity index is 650. The number of aryl methyl sites for hydroxylation is 1. The van der Waals surface area contributed by atoms with E-state index < -0.39 is 0 Å². The molecule has 1 aromatic heterocycles. The Balaban J connectivity index is 0.00000320. The Morgan fingerprint density at radius 3 is 2.50 bits per heavy atom. The quantitative estimate of drug-likeness (QED) is 0.163. The molecule has 0 aromatic carbocycles. The van der Waals surface area contributed by atoms with Gasteiger partial charge in [0, 0.05) is 39.6 Å². The number of aliphatic imine (C=N–C) groups is 1. The molecule has 1 heterocycles. The molecule has 6 nitrogen and oxygen atoms in total. The molecule has 2 fully saturated rings. The number of hydrogen-bond donors (Lipinski definition) is 1. The molecule has 0 bridgehead atoms.